The van der Waals surface area contributed by atoms with Crippen molar-refractivity contribution in [2.24, 2.45) is 23.7 Å². The summed E-state index contributed by atoms with van der Waals surface area (Å²) in [5, 5.41) is 3.75. The molecule has 2 saturated carbocycles. The number of carbonyl (C=O) groups is 2. The largest absolute Gasteiger partial charge is 0.462 e. The van der Waals surface area contributed by atoms with Crippen LogP contribution in [0.15, 0.2) is 18.2 Å². The number of carbonyl (C=O) groups excluding carboxylic acids is 2. The second kappa shape index (κ2) is 4.62. The fourth-order valence-electron chi connectivity index (χ4n) is 4.17. The number of ether oxygens (including phenoxy) is 1. The van der Waals surface area contributed by atoms with E-state index in [1.54, 1.807) is 18.2 Å². The van der Waals surface area contributed by atoms with Crippen LogP contribution in [0.2, 0.25) is 10.0 Å². The molecule has 0 unspecified atom stereocenters. The molecule has 1 aromatic rings. The monoisotopic (exact) mass is 325 g/mol. The zero-order valence-corrected chi connectivity index (χ0v) is 12.5. The first-order valence-electron chi connectivity index (χ1n) is 7.01. The third kappa shape index (κ3) is 1.96. The van der Waals surface area contributed by atoms with Gasteiger partial charge in [0.15, 0.2) is 0 Å². The number of fused-ring (bicyclic) bond motifs is 1. The topological polar surface area (TPSA) is 55.4 Å². The fraction of sp³-hybridized carbons (Fsp3) is 0.467. The lowest BCUT2D eigenvalue weighted by Gasteiger charge is -2.23. The molecule has 1 aliphatic heterocycles. The SMILES string of the molecule is O=C(Nc1cc(Cl)ccc1Cl)[C@H]1[C@@H]2C[C@@H]3[C@@H]1C(=O)O[C@@H]3C2. The number of halogens is 2. The second-order valence-electron chi connectivity index (χ2n) is 6.04. The van der Waals surface area contributed by atoms with Gasteiger partial charge < -0.3 is 10.1 Å². The van der Waals surface area contributed by atoms with Crippen LogP contribution in [0.4, 0.5) is 5.69 Å². The Labute approximate surface area is 131 Å². The van der Waals surface area contributed by atoms with Gasteiger partial charge in [0.2, 0.25) is 5.91 Å². The normalized spacial score (nSPS) is 35.9. The molecule has 1 saturated heterocycles. The van der Waals surface area contributed by atoms with E-state index in [4.69, 9.17) is 27.9 Å². The molecule has 1 heterocycles. The summed E-state index contributed by atoms with van der Waals surface area (Å²) in [6.45, 7) is 0. The van der Waals surface area contributed by atoms with Crippen molar-refractivity contribution in [2.75, 3.05) is 5.32 Å². The van der Waals surface area contributed by atoms with Gasteiger partial charge in [0.25, 0.3) is 0 Å². The Morgan fingerprint density at radius 3 is 2.90 bits per heavy atom. The molecular formula is C15H13Cl2NO3. The molecule has 4 rings (SSSR count). The van der Waals surface area contributed by atoms with Gasteiger partial charge in [-0.25, -0.2) is 0 Å². The molecule has 4 nitrogen and oxygen atoms in total. The van der Waals surface area contributed by atoms with Crippen molar-refractivity contribution < 1.29 is 14.3 Å². The first-order chi connectivity index (χ1) is 10.0. The van der Waals surface area contributed by atoms with Crippen LogP contribution in [0.3, 0.4) is 0 Å². The molecule has 3 aliphatic rings. The quantitative estimate of drug-likeness (QED) is 0.850. The van der Waals surface area contributed by atoms with Crippen molar-refractivity contribution in [3.63, 3.8) is 0 Å². The van der Waals surface area contributed by atoms with Crippen molar-refractivity contribution in [1.82, 2.24) is 0 Å². The van der Waals surface area contributed by atoms with Gasteiger partial charge in [0.05, 0.1) is 22.5 Å². The van der Waals surface area contributed by atoms with Crippen molar-refractivity contribution >= 4 is 40.8 Å². The van der Waals surface area contributed by atoms with Gasteiger partial charge in [0, 0.05) is 10.9 Å². The highest BCUT2D eigenvalue weighted by molar-refractivity contribution is 6.35. The minimum atomic E-state index is -0.309. The number of esters is 1. The maximum absolute atomic E-state index is 12.6. The van der Waals surface area contributed by atoms with Crippen LogP contribution in [0, 0.1) is 23.7 Å². The summed E-state index contributed by atoms with van der Waals surface area (Å²) < 4.78 is 5.35. The Morgan fingerprint density at radius 2 is 2.10 bits per heavy atom. The van der Waals surface area contributed by atoms with Crippen LogP contribution in [0.5, 0.6) is 0 Å². The van der Waals surface area contributed by atoms with Gasteiger partial charge in [-0.2, -0.15) is 0 Å². The van der Waals surface area contributed by atoms with Gasteiger partial charge in [-0.1, -0.05) is 23.2 Å². The molecule has 6 heteroatoms. The van der Waals surface area contributed by atoms with Crippen LogP contribution in [-0.4, -0.2) is 18.0 Å². The van der Waals surface area contributed by atoms with E-state index in [1.807, 2.05) is 0 Å². The maximum atomic E-state index is 12.6. The average Bonchev–Trinajstić information content (AvgIpc) is 3.03. The van der Waals surface area contributed by atoms with Crippen molar-refractivity contribution in [2.45, 2.75) is 18.9 Å². The van der Waals surface area contributed by atoms with Gasteiger partial charge in [-0.15, -0.1) is 0 Å². The molecule has 0 radical (unpaired) electrons. The Hall–Kier alpha value is -1.26. The minimum Gasteiger partial charge on any atom is -0.462 e. The van der Waals surface area contributed by atoms with E-state index in [-0.39, 0.29) is 41.7 Å². The zero-order valence-electron chi connectivity index (χ0n) is 11.0. The van der Waals surface area contributed by atoms with Crippen molar-refractivity contribution in [3.05, 3.63) is 28.2 Å². The number of hydrogen-bond donors (Lipinski definition) is 1. The van der Waals surface area contributed by atoms with Crippen LogP contribution in [0.25, 0.3) is 0 Å². The summed E-state index contributed by atoms with van der Waals surface area (Å²) in [6, 6.07) is 4.92. The minimum absolute atomic E-state index is 0.0336. The highest BCUT2D eigenvalue weighted by Crippen LogP contribution is 2.57. The van der Waals surface area contributed by atoms with Gasteiger partial charge >= 0.3 is 5.97 Å². The van der Waals surface area contributed by atoms with E-state index in [9.17, 15) is 9.59 Å². The average molecular weight is 326 g/mol. The molecule has 1 amide bonds. The zero-order chi connectivity index (χ0) is 14.7. The third-order valence-corrected chi connectivity index (χ3v) is 5.54. The first kappa shape index (κ1) is 13.4. The van der Waals surface area contributed by atoms with E-state index in [1.165, 1.54) is 0 Å². The number of rotatable bonds is 2. The first-order valence-corrected chi connectivity index (χ1v) is 7.76. The molecule has 3 fully saturated rings. The predicted octanol–water partition coefficient (Wildman–Crippen LogP) is 3.13. The molecule has 21 heavy (non-hydrogen) atoms. The molecular weight excluding hydrogens is 313 g/mol. The standard InChI is InChI=1S/C15H13Cl2NO3/c16-7-1-2-9(17)10(5-7)18-14(19)12-6-3-8-11(4-6)21-15(20)13(8)12/h1-2,5-6,8,11-13H,3-4H2,(H,18,19)/t6-,8+,11-,12+,13+/m1/s1. The molecule has 0 aromatic heterocycles. The Kier molecular flexibility index (Phi) is 2.95. The smallest absolute Gasteiger partial charge is 0.310 e. The third-order valence-electron chi connectivity index (χ3n) is 4.97. The molecule has 2 bridgehead atoms. The summed E-state index contributed by atoms with van der Waals surface area (Å²) in [5.74, 6) is -0.526. The second-order valence-corrected chi connectivity index (χ2v) is 6.88. The fourth-order valence-corrected chi connectivity index (χ4v) is 4.51. The van der Waals surface area contributed by atoms with E-state index < -0.39 is 0 Å². The highest BCUT2D eigenvalue weighted by Gasteiger charge is 2.63. The van der Waals surface area contributed by atoms with Crippen LogP contribution < -0.4 is 5.32 Å². The van der Waals surface area contributed by atoms with Gasteiger partial charge in [-0.3, -0.25) is 9.59 Å². The van der Waals surface area contributed by atoms with E-state index in [0.717, 1.165) is 12.8 Å². The maximum Gasteiger partial charge on any atom is 0.310 e. The van der Waals surface area contributed by atoms with Gasteiger partial charge in [0.1, 0.15) is 6.10 Å². The Morgan fingerprint density at radius 1 is 1.29 bits per heavy atom. The summed E-state index contributed by atoms with van der Waals surface area (Å²) in [6.07, 6.45) is 1.74. The Balaban J connectivity index is 1.58. The summed E-state index contributed by atoms with van der Waals surface area (Å²) in [5.41, 5.74) is 0.486. The molecule has 1 aromatic carbocycles. The van der Waals surface area contributed by atoms with Crippen LogP contribution in [0.1, 0.15) is 12.8 Å². The number of anilines is 1. The lowest BCUT2D eigenvalue weighted by Crippen LogP contribution is -2.35. The number of benzene rings is 1. The van der Waals surface area contributed by atoms with Crippen molar-refractivity contribution in [1.29, 1.82) is 0 Å². The lowest BCUT2D eigenvalue weighted by atomic mass is 9.79. The van der Waals surface area contributed by atoms with Crippen LogP contribution >= 0.6 is 23.2 Å². The lowest BCUT2D eigenvalue weighted by molar-refractivity contribution is -0.145. The van der Waals surface area contributed by atoms with E-state index >= 15 is 0 Å². The van der Waals surface area contributed by atoms with Gasteiger partial charge in [-0.05, 0) is 37.0 Å². The molecule has 110 valence electrons. The summed E-state index contributed by atoms with van der Waals surface area (Å²) in [4.78, 5) is 24.5. The number of nitrogens with one attached hydrogen (secondary N) is 1. The Bertz CT molecular complexity index is 646. The molecule has 0 spiro atoms. The molecule has 1 N–H and O–H groups in total. The number of amides is 1. The van der Waals surface area contributed by atoms with Crippen molar-refractivity contribution in [3.8, 4) is 0 Å². The van der Waals surface area contributed by atoms with E-state index in [0.29, 0.717) is 15.7 Å². The highest BCUT2D eigenvalue weighted by atomic mass is 35.5. The number of hydrogen-bond acceptors (Lipinski definition) is 3. The van der Waals surface area contributed by atoms with E-state index in [2.05, 4.69) is 5.32 Å². The summed E-state index contributed by atoms with van der Waals surface area (Å²) >= 11 is 12.0. The predicted molar refractivity (Wildman–Crippen MR) is 78.2 cm³/mol. The summed E-state index contributed by atoms with van der Waals surface area (Å²) in [7, 11) is 0. The van der Waals surface area contributed by atoms with Crippen LogP contribution in [-0.2, 0) is 14.3 Å². The molecule has 2 aliphatic carbocycles. The molecule has 5 atom stereocenters.